The first-order valence-corrected chi connectivity index (χ1v) is 10.1. The molecule has 0 aromatic heterocycles. The Morgan fingerprint density at radius 2 is 1.57 bits per heavy atom. The Kier molecular flexibility index (Phi) is 4.20. The highest BCUT2D eigenvalue weighted by molar-refractivity contribution is 6.01. The van der Waals surface area contributed by atoms with Gasteiger partial charge in [-0.25, -0.2) is 0 Å². The lowest BCUT2D eigenvalue weighted by molar-refractivity contribution is -0.136. The summed E-state index contributed by atoms with van der Waals surface area (Å²) in [5.74, 6) is -0.129. The second kappa shape index (κ2) is 6.74. The van der Waals surface area contributed by atoms with E-state index >= 15 is 0 Å². The average molecular weight is 375 g/mol. The maximum absolute atomic E-state index is 13.8. The van der Waals surface area contributed by atoms with E-state index in [1.54, 1.807) is 0 Å². The molecule has 0 N–H and O–H groups in total. The second-order valence-electron chi connectivity index (χ2n) is 8.09. The van der Waals surface area contributed by atoms with Crippen LogP contribution < -0.4 is 0 Å². The number of likely N-dealkylation sites (N-methyl/N-ethyl adjacent to an activating group) is 1. The highest BCUT2D eigenvalue weighted by atomic mass is 16.2. The van der Waals surface area contributed by atoms with Gasteiger partial charge in [-0.15, -0.1) is 0 Å². The molecule has 1 saturated heterocycles. The van der Waals surface area contributed by atoms with Crippen molar-refractivity contribution in [3.63, 3.8) is 0 Å². The Morgan fingerprint density at radius 1 is 0.893 bits per heavy atom. The molecule has 5 heteroatoms. The van der Waals surface area contributed by atoms with Crippen LogP contribution in [0.25, 0.3) is 0 Å². The lowest BCUT2D eigenvalue weighted by atomic mass is 9.75. The van der Waals surface area contributed by atoms with Crippen LogP contribution in [0.3, 0.4) is 0 Å². The number of carbonyl (C=O) groups excluding carboxylic acids is 2. The van der Waals surface area contributed by atoms with E-state index in [1.807, 2.05) is 46.2 Å². The molecule has 1 fully saturated rings. The number of fused-ring (bicyclic) bond motifs is 4. The van der Waals surface area contributed by atoms with E-state index in [4.69, 9.17) is 0 Å². The van der Waals surface area contributed by atoms with Gasteiger partial charge in [-0.2, -0.15) is 0 Å². The van der Waals surface area contributed by atoms with Crippen LogP contribution in [0.5, 0.6) is 0 Å². The molecule has 2 aromatic carbocycles. The van der Waals surface area contributed by atoms with Crippen LogP contribution in [0.15, 0.2) is 48.5 Å². The highest BCUT2D eigenvalue weighted by Gasteiger charge is 2.47. The highest BCUT2D eigenvalue weighted by Crippen LogP contribution is 2.46. The Bertz CT molecular complexity index is 933. The molecule has 144 valence electrons. The summed E-state index contributed by atoms with van der Waals surface area (Å²) in [5, 5.41) is 0. The van der Waals surface area contributed by atoms with Gasteiger partial charge in [0, 0.05) is 38.3 Å². The van der Waals surface area contributed by atoms with Crippen LogP contribution in [0.4, 0.5) is 0 Å². The summed E-state index contributed by atoms with van der Waals surface area (Å²) in [6.45, 7) is 3.95. The van der Waals surface area contributed by atoms with Gasteiger partial charge in [0.25, 0.3) is 5.91 Å². The standard InChI is InChI=1S/C23H25N3O2/c1-24-12-14-25(15-13-24)23(28)20-18-8-4-5-9-19(18)22(27)26-11-10-16-6-2-3-7-17(16)21(20)26/h2-9,20-21H,10-15H2,1H3. The predicted octanol–water partition coefficient (Wildman–Crippen LogP) is 2.30. The van der Waals surface area contributed by atoms with E-state index in [9.17, 15) is 9.59 Å². The molecule has 3 aliphatic rings. The molecule has 3 heterocycles. The van der Waals surface area contributed by atoms with Gasteiger partial charge in [-0.05, 0) is 36.2 Å². The molecule has 2 aromatic rings. The monoisotopic (exact) mass is 375 g/mol. The van der Waals surface area contributed by atoms with Gasteiger partial charge >= 0.3 is 0 Å². The van der Waals surface area contributed by atoms with Gasteiger partial charge in [0.1, 0.15) is 0 Å². The van der Waals surface area contributed by atoms with Crippen LogP contribution in [0, 0.1) is 0 Å². The molecule has 5 nitrogen and oxygen atoms in total. The van der Waals surface area contributed by atoms with Crippen molar-refractivity contribution in [2.75, 3.05) is 39.8 Å². The van der Waals surface area contributed by atoms with Crippen LogP contribution >= 0.6 is 0 Å². The Labute approximate surface area is 165 Å². The van der Waals surface area contributed by atoms with Crippen molar-refractivity contribution in [2.45, 2.75) is 18.4 Å². The van der Waals surface area contributed by atoms with Crippen molar-refractivity contribution < 1.29 is 9.59 Å². The molecule has 2 amide bonds. The number of piperazine rings is 1. The summed E-state index contributed by atoms with van der Waals surface area (Å²) in [6, 6.07) is 15.8. The topological polar surface area (TPSA) is 43.9 Å². The number of rotatable bonds is 1. The molecular formula is C23H25N3O2. The largest absolute Gasteiger partial charge is 0.340 e. The van der Waals surface area contributed by atoms with Gasteiger partial charge < -0.3 is 14.7 Å². The van der Waals surface area contributed by atoms with Gasteiger partial charge in [-0.1, -0.05) is 42.5 Å². The van der Waals surface area contributed by atoms with Crippen molar-refractivity contribution in [1.29, 1.82) is 0 Å². The van der Waals surface area contributed by atoms with E-state index < -0.39 is 0 Å². The molecule has 0 radical (unpaired) electrons. The summed E-state index contributed by atoms with van der Waals surface area (Å²) in [4.78, 5) is 33.2. The minimum Gasteiger partial charge on any atom is -0.340 e. The Balaban J connectivity index is 1.63. The SMILES string of the molecule is CN1CCN(C(=O)C2c3ccccc3C(=O)N3CCc4ccccc4C23)CC1. The summed E-state index contributed by atoms with van der Waals surface area (Å²) in [7, 11) is 2.09. The first-order valence-electron chi connectivity index (χ1n) is 10.1. The number of benzene rings is 2. The first-order chi connectivity index (χ1) is 13.6. The third-order valence-corrected chi connectivity index (χ3v) is 6.52. The molecule has 2 unspecified atom stereocenters. The molecule has 0 spiro atoms. The maximum atomic E-state index is 13.8. The van der Waals surface area contributed by atoms with Crippen molar-refractivity contribution in [3.05, 3.63) is 70.8 Å². The van der Waals surface area contributed by atoms with E-state index in [2.05, 4.69) is 24.1 Å². The molecule has 5 rings (SSSR count). The van der Waals surface area contributed by atoms with Crippen LogP contribution in [-0.2, 0) is 11.2 Å². The smallest absolute Gasteiger partial charge is 0.254 e. The molecule has 0 aliphatic carbocycles. The number of amides is 2. The zero-order valence-corrected chi connectivity index (χ0v) is 16.2. The fraction of sp³-hybridized carbons (Fsp3) is 0.391. The van der Waals surface area contributed by atoms with E-state index in [0.29, 0.717) is 12.1 Å². The van der Waals surface area contributed by atoms with Gasteiger partial charge in [0.15, 0.2) is 0 Å². The van der Waals surface area contributed by atoms with Crippen LogP contribution in [0.1, 0.15) is 39.0 Å². The fourth-order valence-electron chi connectivity index (χ4n) is 4.97. The fourth-order valence-corrected chi connectivity index (χ4v) is 4.97. The quantitative estimate of drug-likeness (QED) is 0.768. The number of hydrogen-bond acceptors (Lipinski definition) is 3. The molecule has 2 atom stereocenters. The number of carbonyl (C=O) groups is 2. The molecule has 0 saturated carbocycles. The zero-order chi connectivity index (χ0) is 19.3. The lowest BCUT2D eigenvalue weighted by Gasteiger charge is -2.46. The summed E-state index contributed by atoms with van der Waals surface area (Å²) in [5.41, 5.74) is 3.95. The van der Waals surface area contributed by atoms with Crippen molar-refractivity contribution >= 4 is 11.8 Å². The van der Waals surface area contributed by atoms with Crippen molar-refractivity contribution in [3.8, 4) is 0 Å². The zero-order valence-electron chi connectivity index (χ0n) is 16.2. The number of hydrogen-bond donors (Lipinski definition) is 0. The predicted molar refractivity (Wildman–Crippen MR) is 107 cm³/mol. The normalized spacial score (nSPS) is 24.4. The summed E-state index contributed by atoms with van der Waals surface area (Å²) < 4.78 is 0. The number of nitrogens with zero attached hydrogens (tertiary/aromatic N) is 3. The van der Waals surface area contributed by atoms with Gasteiger partial charge in [-0.3, -0.25) is 9.59 Å². The molecule has 3 aliphatic heterocycles. The van der Waals surface area contributed by atoms with E-state index in [0.717, 1.165) is 43.7 Å². The summed E-state index contributed by atoms with van der Waals surface area (Å²) >= 11 is 0. The van der Waals surface area contributed by atoms with Gasteiger partial charge in [0.2, 0.25) is 5.91 Å². The maximum Gasteiger partial charge on any atom is 0.254 e. The Hall–Kier alpha value is -2.66. The van der Waals surface area contributed by atoms with E-state index in [1.165, 1.54) is 5.56 Å². The molecule has 0 bridgehead atoms. The summed E-state index contributed by atoms with van der Waals surface area (Å²) in [6.07, 6.45) is 0.843. The first kappa shape index (κ1) is 17.4. The second-order valence-corrected chi connectivity index (χ2v) is 8.09. The minimum absolute atomic E-state index is 0.0533. The third kappa shape index (κ3) is 2.65. The minimum atomic E-state index is -0.334. The van der Waals surface area contributed by atoms with Crippen molar-refractivity contribution in [2.24, 2.45) is 0 Å². The van der Waals surface area contributed by atoms with Crippen molar-refractivity contribution in [1.82, 2.24) is 14.7 Å². The molecule has 28 heavy (non-hydrogen) atoms. The lowest BCUT2D eigenvalue weighted by Crippen LogP contribution is -2.54. The van der Waals surface area contributed by atoms with E-state index in [-0.39, 0.29) is 23.8 Å². The Morgan fingerprint density at radius 3 is 2.36 bits per heavy atom. The average Bonchev–Trinajstić information content (AvgIpc) is 2.74. The van der Waals surface area contributed by atoms with Crippen LogP contribution in [-0.4, -0.2) is 66.3 Å². The third-order valence-electron chi connectivity index (χ3n) is 6.52. The van der Waals surface area contributed by atoms with Gasteiger partial charge in [0.05, 0.1) is 12.0 Å². The molecular weight excluding hydrogens is 350 g/mol. The van der Waals surface area contributed by atoms with Crippen LogP contribution in [0.2, 0.25) is 0 Å².